The lowest BCUT2D eigenvalue weighted by Crippen LogP contribution is -2.47. The van der Waals surface area contributed by atoms with E-state index in [1.165, 1.54) is 47.0 Å². The maximum Gasteiger partial charge on any atom is 0.293 e. The largest absolute Gasteiger partial charge is 0.453 e. The molecule has 67 heavy (non-hydrogen) atoms. The van der Waals surface area contributed by atoms with Crippen LogP contribution in [0.5, 0.6) is 11.5 Å². The van der Waals surface area contributed by atoms with Crippen molar-refractivity contribution in [1.82, 2.24) is 19.5 Å². The molecule has 3 fully saturated rings. The molecule has 4 aromatic carbocycles. The van der Waals surface area contributed by atoms with E-state index in [0.29, 0.717) is 40.7 Å². The van der Waals surface area contributed by atoms with Gasteiger partial charge in [-0.15, -0.1) is 0 Å². The summed E-state index contributed by atoms with van der Waals surface area (Å²) in [7, 11) is -4.64. The van der Waals surface area contributed by atoms with Crippen LogP contribution in [0.4, 0.5) is 21.5 Å². The van der Waals surface area contributed by atoms with E-state index >= 15 is 4.39 Å². The lowest BCUT2D eigenvalue weighted by molar-refractivity contribution is -0.384. The zero-order valence-electron chi connectivity index (χ0n) is 37.9. The number of allylic oxidation sites excluding steroid dienone is 1. The lowest BCUT2D eigenvalue weighted by atomic mass is 9.72. The fraction of sp³-hybridized carbons (Fsp3) is 0.420. The molecule has 0 radical (unpaired) electrons. The van der Waals surface area contributed by atoms with Gasteiger partial charge in [-0.25, -0.2) is 17.5 Å². The van der Waals surface area contributed by atoms with E-state index in [1.54, 1.807) is 24.4 Å². The first-order valence-corrected chi connectivity index (χ1v) is 25.0. The fourth-order valence-electron chi connectivity index (χ4n) is 10.1. The number of benzene rings is 4. The number of morpholine rings is 1. The van der Waals surface area contributed by atoms with E-state index in [9.17, 15) is 23.3 Å². The summed E-state index contributed by atoms with van der Waals surface area (Å²) in [6, 6.07) is 21.5. The first kappa shape index (κ1) is 46.6. The van der Waals surface area contributed by atoms with Gasteiger partial charge in [-0.3, -0.25) is 24.7 Å². The van der Waals surface area contributed by atoms with Crippen LogP contribution in [0.25, 0.3) is 16.5 Å². The Morgan fingerprint density at radius 1 is 0.940 bits per heavy atom. The molecule has 0 bridgehead atoms. The molecule has 1 amide bonds. The fourth-order valence-corrected chi connectivity index (χ4v) is 11.2. The van der Waals surface area contributed by atoms with Crippen molar-refractivity contribution in [3.05, 3.63) is 123 Å². The maximum absolute atomic E-state index is 15.5. The maximum atomic E-state index is 15.5. The van der Waals surface area contributed by atoms with E-state index in [1.807, 2.05) is 12.1 Å². The number of carbonyl (C=O) groups excluding carboxylic acids is 1. The van der Waals surface area contributed by atoms with Gasteiger partial charge in [0.2, 0.25) is 0 Å². The first-order valence-electron chi connectivity index (χ1n) is 23.1. The average Bonchev–Trinajstić information content (AvgIpc) is 3.77. The minimum atomic E-state index is -4.64. The van der Waals surface area contributed by atoms with Crippen molar-refractivity contribution >= 4 is 61.1 Å². The van der Waals surface area contributed by atoms with E-state index in [-0.39, 0.29) is 34.2 Å². The van der Waals surface area contributed by atoms with Crippen LogP contribution in [0.3, 0.4) is 0 Å². The third kappa shape index (κ3) is 10.8. The Labute approximate surface area is 395 Å². The number of fused-ring (bicyclic) bond motifs is 1. The van der Waals surface area contributed by atoms with Gasteiger partial charge in [0.1, 0.15) is 11.4 Å². The molecule has 4 aliphatic rings. The van der Waals surface area contributed by atoms with Crippen LogP contribution in [0, 0.1) is 21.3 Å². The number of ether oxygens (including phenoxy) is 2. The van der Waals surface area contributed by atoms with Gasteiger partial charge in [-0.1, -0.05) is 43.2 Å². The highest BCUT2D eigenvalue weighted by Crippen LogP contribution is 2.44. The Hall–Kier alpha value is -5.52. The first-order chi connectivity index (χ1) is 32.2. The Bertz CT molecular complexity index is 2780. The number of H-pyrrole nitrogens is 1. The number of carbonyl (C=O) groups is 1. The van der Waals surface area contributed by atoms with Gasteiger partial charge in [-0.2, -0.15) is 0 Å². The number of halogens is 2. The number of sulfonamides is 1. The Kier molecular flexibility index (Phi) is 13.6. The normalized spacial score (nSPS) is 20.7. The quantitative estimate of drug-likeness (QED) is 0.0761. The summed E-state index contributed by atoms with van der Waals surface area (Å²) < 4.78 is 57.0. The molecule has 14 nitrogen and oxygen atoms in total. The molecule has 1 saturated carbocycles. The number of amides is 1. The van der Waals surface area contributed by atoms with Crippen LogP contribution in [0.1, 0.15) is 74.7 Å². The van der Waals surface area contributed by atoms with Crippen LogP contribution in [0.15, 0.2) is 95.5 Å². The van der Waals surface area contributed by atoms with Gasteiger partial charge in [0, 0.05) is 104 Å². The predicted octanol–water partition coefficient (Wildman–Crippen LogP) is 9.62. The minimum Gasteiger partial charge on any atom is -0.453 e. The highest BCUT2D eigenvalue weighted by atomic mass is 35.5. The molecule has 1 aromatic heterocycles. The molecule has 0 spiro atoms. The van der Waals surface area contributed by atoms with Crippen molar-refractivity contribution in [2.45, 2.75) is 75.8 Å². The lowest BCUT2D eigenvalue weighted by Gasteiger charge is -2.39. The van der Waals surface area contributed by atoms with Crippen molar-refractivity contribution in [1.29, 1.82) is 0 Å². The number of aromatic amines is 1. The Morgan fingerprint density at radius 3 is 2.42 bits per heavy atom. The van der Waals surface area contributed by atoms with Crippen molar-refractivity contribution < 1.29 is 32.0 Å². The van der Waals surface area contributed by atoms with Gasteiger partial charge in [0.25, 0.3) is 21.6 Å². The van der Waals surface area contributed by atoms with Gasteiger partial charge >= 0.3 is 0 Å². The summed E-state index contributed by atoms with van der Waals surface area (Å²) in [5.41, 5.74) is 5.13. The molecular weight excluding hydrogens is 897 g/mol. The van der Waals surface area contributed by atoms with Crippen LogP contribution in [-0.4, -0.2) is 105 Å². The molecular formula is C50H57ClFN7O7S. The van der Waals surface area contributed by atoms with Crippen molar-refractivity contribution in [3.63, 3.8) is 0 Å². The van der Waals surface area contributed by atoms with E-state index in [0.717, 1.165) is 96.9 Å². The van der Waals surface area contributed by atoms with Gasteiger partial charge in [-0.05, 0) is 110 Å². The Morgan fingerprint density at radius 2 is 1.69 bits per heavy atom. The highest BCUT2D eigenvalue weighted by Gasteiger charge is 2.32. The summed E-state index contributed by atoms with van der Waals surface area (Å²) in [6.07, 6.45) is 8.28. The third-order valence-corrected chi connectivity index (χ3v) is 15.5. The van der Waals surface area contributed by atoms with E-state index in [2.05, 4.69) is 55.7 Å². The van der Waals surface area contributed by atoms with Crippen LogP contribution >= 0.6 is 11.6 Å². The summed E-state index contributed by atoms with van der Waals surface area (Å²) in [5, 5.41) is 17.0. The molecule has 0 atom stereocenters. The molecule has 17 heteroatoms. The summed E-state index contributed by atoms with van der Waals surface area (Å²) in [6.45, 7) is 11.6. The van der Waals surface area contributed by atoms with Gasteiger partial charge in [0.15, 0.2) is 11.6 Å². The van der Waals surface area contributed by atoms with Gasteiger partial charge < -0.3 is 24.7 Å². The smallest absolute Gasteiger partial charge is 0.293 e. The van der Waals surface area contributed by atoms with Crippen LogP contribution < -0.4 is 19.7 Å². The molecule has 2 saturated heterocycles. The predicted molar refractivity (Wildman–Crippen MR) is 259 cm³/mol. The zero-order chi connectivity index (χ0) is 46.9. The van der Waals surface area contributed by atoms with E-state index < -0.39 is 37.3 Å². The minimum absolute atomic E-state index is 0.0211. The number of piperazine rings is 1. The topological polar surface area (TPSA) is 162 Å². The summed E-state index contributed by atoms with van der Waals surface area (Å²) in [5.74, 6) is -1.94. The number of nitrogens with one attached hydrogen (secondary N) is 3. The second-order valence-corrected chi connectivity index (χ2v) is 21.1. The molecule has 354 valence electrons. The van der Waals surface area contributed by atoms with Crippen molar-refractivity contribution in [3.8, 4) is 11.5 Å². The monoisotopic (exact) mass is 953 g/mol. The molecule has 2 aliphatic carbocycles. The SMILES string of the molecule is CC1(C)CCC(CN2CCN(c3ccc(C(=O)NS(=O)(=O)c4ccc(NC5CCC(N6CCOCC6)CC5)c([N+](=O)[O-])c4)c(Oc4cc5cc[nH]c5cc4F)c3)CC2)=C(c2ccc(Cl)cc2)C1. The molecule has 2 aliphatic heterocycles. The van der Waals surface area contributed by atoms with Crippen molar-refractivity contribution in [2.24, 2.45) is 5.41 Å². The summed E-state index contributed by atoms with van der Waals surface area (Å²) in [4.78, 5) is 35.3. The molecule has 9 rings (SSSR count). The number of nitro groups is 1. The summed E-state index contributed by atoms with van der Waals surface area (Å²) >= 11 is 6.25. The Balaban J connectivity index is 0.917. The van der Waals surface area contributed by atoms with Crippen LogP contribution in [-0.2, 0) is 14.8 Å². The third-order valence-electron chi connectivity index (χ3n) is 13.9. The molecule has 0 unspecified atom stereocenters. The highest BCUT2D eigenvalue weighted by molar-refractivity contribution is 7.90. The number of aromatic nitrogens is 1. The number of hydrogen-bond donors (Lipinski definition) is 3. The standard InChI is InChI=1S/C50H57ClFN7O7S/c1-50(2)17-15-35(42(31-50)33-3-5-36(51)6-4-33)32-56-19-21-57(22-20-56)39-11-13-41(47(28-39)66-48-27-34-16-18-53-45(34)30-43(48)52)49(60)55-67(63,64)40-12-14-44(46(29-40)59(61)62)54-37-7-9-38(10-8-37)58-23-25-65-26-24-58/h3-6,11-14,16,18,27-30,37-38,53-54H,7-10,15,17,19-26,31-32H2,1-2H3,(H,55,60). The number of rotatable bonds is 13. The van der Waals surface area contributed by atoms with Crippen LogP contribution in [0.2, 0.25) is 5.02 Å². The van der Waals surface area contributed by atoms with E-state index in [4.69, 9.17) is 21.1 Å². The average molecular weight is 955 g/mol. The number of anilines is 2. The van der Waals surface area contributed by atoms with Gasteiger partial charge in [0.05, 0.1) is 28.6 Å². The zero-order valence-corrected chi connectivity index (χ0v) is 39.4. The molecule has 3 N–H and O–H groups in total. The second kappa shape index (κ2) is 19.6. The number of hydrogen-bond acceptors (Lipinski definition) is 11. The van der Waals surface area contributed by atoms with Crippen molar-refractivity contribution in [2.75, 3.05) is 69.2 Å². The number of nitro benzene ring substituents is 1. The molecule has 5 aromatic rings. The second-order valence-electron chi connectivity index (χ2n) is 19.0. The molecule has 3 heterocycles. The number of nitrogens with zero attached hydrogens (tertiary/aromatic N) is 4.